The molecule has 2 aromatic carbocycles. The minimum atomic E-state index is -0.426. The van der Waals surface area contributed by atoms with Gasteiger partial charge in [0.2, 0.25) is 0 Å². The Labute approximate surface area is 122 Å². The number of thioether (sulfide) groups is 1. The normalized spacial score (nSPS) is 10.4. The van der Waals surface area contributed by atoms with Gasteiger partial charge in [0.05, 0.1) is 4.92 Å². The molecule has 0 saturated heterocycles. The largest absolute Gasteiger partial charge is 0.269 e. The quantitative estimate of drug-likeness (QED) is 0.456. The van der Waals surface area contributed by atoms with Crippen LogP contribution in [0.3, 0.4) is 0 Å². The fourth-order valence-corrected chi connectivity index (χ4v) is 3.04. The summed E-state index contributed by atoms with van der Waals surface area (Å²) in [5, 5.41) is 10.5. The first-order valence-corrected chi connectivity index (χ1v) is 7.15. The lowest BCUT2D eigenvalue weighted by atomic mass is 10.2. The van der Waals surface area contributed by atoms with E-state index in [-0.39, 0.29) is 11.5 Å². The van der Waals surface area contributed by atoms with E-state index in [0.29, 0.717) is 5.75 Å². The van der Waals surface area contributed by atoms with Gasteiger partial charge in [0, 0.05) is 27.3 Å². The van der Waals surface area contributed by atoms with Crippen LogP contribution < -0.4 is 0 Å². The molecule has 0 saturated carbocycles. The zero-order chi connectivity index (χ0) is 13.8. The SMILES string of the molecule is O=[N+]([O-])c1ccc(SCc2ccc(F)cc2Br)cc1. The first-order chi connectivity index (χ1) is 9.06. The Morgan fingerprint density at radius 2 is 1.89 bits per heavy atom. The Hall–Kier alpha value is -1.40. The number of rotatable bonds is 4. The minimum Gasteiger partial charge on any atom is -0.258 e. The monoisotopic (exact) mass is 341 g/mol. The van der Waals surface area contributed by atoms with Crippen molar-refractivity contribution in [1.29, 1.82) is 0 Å². The van der Waals surface area contributed by atoms with Crippen LogP contribution in [0, 0.1) is 15.9 Å². The van der Waals surface area contributed by atoms with Crippen molar-refractivity contribution in [2.45, 2.75) is 10.6 Å². The van der Waals surface area contributed by atoms with Gasteiger partial charge < -0.3 is 0 Å². The number of nitrogens with zero attached hydrogens (tertiary/aromatic N) is 1. The highest BCUT2D eigenvalue weighted by atomic mass is 79.9. The molecule has 0 atom stereocenters. The highest BCUT2D eigenvalue weighted by molar-refractivity contribution is 9.10. The van der Waals surface area contributed by atoms with E-state index in [9.17, 15) is 14.5 Å². The summed E-state index contributed by atoms with van der Waals surface area (Å²) in [4.78, 5) is 11.0. The average Bonchev–Trinajstić information content (AvgIpc) is 2.38. The Balaban J connectivity index is 2.04. The number of hydrogen-bond donors (Lipinski definition) is 0. The predicted octanol–water partition coefficient (Wildman–Crippen LogP) is 4.79. The molecule has 0 spiro atoms. The third-order valence-corrected chi connectivity index (χ3v) is 4.26. The molecule has 3 nitrogen and oxygen atoms in total. The molecule has 0 amide bonds. The fourth-order valence-electron chi connectivity index (χ4n) is 1.46. The Morgan fingerprint density at radius 3 is 2.47 bits per heavy atom. The van der Waals surface area contributed by atoms with E-state index >= 15 is 0 Å². The van der Waals surface area contributed by atoms with Crippen LogP contribution in [-0.4, -0.2) is 4.92 Å². The van der Waals surface area contributed by atoms with Gasteiger partial charge in [0.25, 0.3) is 5.69 Å². The summed E-state index contributed by atoms with van der Waals surface area (Å²) in [6, 6.07) is 10.9. The number of nitro groups is 1. The van der Waals surface area contributed by atoms with E-state index in [2.05, 4.69) is 15.9 Å². The molecule has 0 N–H and O–H groups in total. The molecule has 2 aromatic rings. The number of halogens is 2. The molecule has 0 aliphatic carbocycles. The third-order valence-electron chi connectivity index (χ3n) is 2.46. The summed E-state index contributed by atoms with van der Waals surface area (Å²) in [7, 11) is 0. The van der Waals surface area contributed by atoms with Gasteiger partial charge >= 0.3 is 0 Å². The lowest BCUT2D eigenvalue weighted by Crippen LogP contribution is -1.87. The van der Waals surface area contributed by atoms with Gasteiger partial charge in [-0.1, -0.05) is 22.0 Å². The fraction of sp³-hybridized carbons (Fsp3) is 0.0769. The maximum Gasteiger partial charge on any atom is 0.269 e. The molecule has 0 bridgehead atoms. The minimum absolute atomic E-state index is 0.0762. The van der Waals surface area contributed by atoms with Gasteiger partial charge in [0.1, 0.15) is 5.82 Å². The van der Waals surface area contributed by atoms with E-state index in [1.807, 2.05) is 0 Å². The predicted molar refractivity (Wildman–Crippen MR) is 76.8 cm³/mol. The second kappa shape index (κ2) is 6.16. The maximum atomic E-state index is 12.9. The van der Waals surface area contributed by atoms with E-state index in [1.54, 1.807) is 18.2 Å². The smallest absolute Gasteiger partial charge is 0.258 e. The summed E-state index contributed by atoms with van der Waals surface area (Å²) in [6.45, 7) is 0. The van der Waals surface area contributed by atoms with E-state index in [4.69, 9.17) is 0 Å². The van der Waals surface area contributed by atoms with Crippen molar-refractivity contribution in [3.05, 3.63) is 68.4 Å². The molecule has 0 fully saturated rings. The molecule has 98 valence electrons. The zero-order valence-electron chi connectivity index (χ0n) is 9.68. The number of hydrogen-bond acceptors (Lipinski definition) is 3. The zero-order valence-corrected chi connectivity index (χ0v) is 12.1. The molecule has 6 heteroatoms. The molecule has 19 heavy (non-hydrogen) atoms. The van der Waals surface area contributed by atoms with Crippen LogP contribution in [0.25, 0.3) is 0 Å². The van der Waals surface area contributed by atoms with E-state index < -0.39 is 4.92 Å². The maximum absolute atomic E-state index is 12.9. The lowest BCUT2D eigenvalue weighted by Gasteiger charge is -2.04. The molecule has 2 rings (SSSR count). The van der Waals surface area contributed by atoms with Gasteiger partial charge in [-0.05, 0) is 29.8 Å². The molecule has 0 aromatic heterocycles. The Bertz CT molecular complexity index is 604. The van der Waals surface area contributed by atoms with Crippen molar-refractivity contribution < 1.29 is 9.31 Å². The van der Waals surface area contributed by atoms with Crippen molar-refractivity contribution in [3.63, 3.8) is 0 Å². The van der Waals surface area contributed by atoms with E-state index in [1.165, 1.54) is 36.0 Å². The van der Waals surface area contributed by atoms with Gasteiger partial charge in [-0.3, -0.25) is 10.1 Å². The van der Waals surface area contributed by atoms with Crippen molar-refractivity contribution >= 4 is 33.4 Å². The Kier molecular flexibility index (Phi) is 4.55. The summed E-state index contributed by atoms with van der Waals surface area (Å²) >= 11 is 4.85. The molecular weight excluding hydrogens is 333 g/mol. The highest BCUT2D eigenvalue weighted by Gasteiger charge is 2.06. The van der Waals surface area contributed by atoms with Crippen molar-refractivity contribution in [1.82, 2.24) is 0 Å². The molecule has 0 aliphatic heterocycles. The molecule has 0 aliphatic rings. The molecule has 0 unspecified atom stereocenters. The van der Waals surface area contributed by atoms with Gasteiger partial charge in [-0.15, -0.1) is 11.8 Å². The number of non-ortho nitro benzene ring substituents is 1. The molecule has 0 heterocycles. The number of nitro benzene ring substituents is 1. The van der Waals surface area contributed by atoms with Crippen molar-refractivity contribution in [2.75, 3.05) is 0 Å². The van der Waals surface area contributed by atoms with Crippen LogP contribution in [0.4, 0.5) is 10.1 Å². The van der Waals surface area contributed by atoms with Crippen LogP contribution in [0.1, 0.15) is 5.56 Å². The van der Waals surface area contributed by atoms with Gasteiger partial charge in [-0.25, -0.2) is 4.39 Å². The van der Waals surface area contributed by atoms with Crippen molar-refractivity contribution in [3.8, 4) is 0 Å². The third kappa shape index (κ3) is 3.78. The highest BCUT2D eigenvalue weighted by Crippen LogP contribution is 2.28. The second-order valence-electron chi connectivity index (χ2n) is 3.78. The van der Waals surface area contributed by atoms with Crippen LogP contribution in [0.15, 0.2) is 51.8 Å². The summed E-state index contributed by atoms with van der Waals surface area (Å²) < 4.78 is 13.7. The van der Waals surface area contributed by atoms with Crippen LogP contribution >= 0.6 is 27.7 Å². The van der Waals surface area contributed by atoms with Crippen LogP contribution in [0.5, 0.6) is 0 Å². The first kappa shape index (κ1) is 14.0. The molecular formula is C13H9BrFNO2S. The summed E-state index contributed by atoms with van der Waals surface area (Å²) in [6.07, 6.45) is 0. The van der Waals surface area contributed by atoms with E-state index in [0.717, 1.165) is 14.9 Å². The number of benzene rings is 2. The summed E-state index contributed by atoms with van der Waals surface area (Å²) in [5.74, 6) is 0.384. The average molecular weight is 342 g/mol. The van der Waals surface area contributed by atoms with Crippen LogP contribution in [0.2, 0.25) is 0 Å². The second-order valence-corrected chi connectivity index (χ2v) is 5.68. The summed E-state index contributed by atoms with van der Waals surface area (Å²) in [5.41, 5.74) is 1.05. The molecule has 0 radical (unpaired) electrons. The Morgan fingerprint density at radius 1 is 1.21 bits per heavy atom. The van der Waals surface area contributed by atoms with Gasteiger partial charge in [-0.2, -0.15) is 0 Å². The lowest BCUT2D eigenvalue weighted by molar-refractivity contribution is -0.384. The topological polar surface area (TPSA) is 43.1 Å². The van der Waals surface area contributed by atoms with Gasteiger partial charge in [0.15, 0.2) is 0 Å². The van der Waals surface area contributed by atoms with Crippen molar-refractivity contribution in [2.24, 2.45) is 0 Å². The van der Waals surface area contributed by atoms with Crippen LogP contribution in [-0.2, 0) is 5.75 Å². The first-order valence-electron chi connectivity index (χ1n) is 5.37. The standard InChI is InChI=1S/C13H9BrFNO2S/c14-13-7-10(15)2-1-9(13)8-19-12-5-3-11(4-6-12)16(17)18/h1-7H,8H2.